The molecule has 22 heavy (non-hydrogen) atoms. The summed E-state index contributed by atoms with van der Waals surface area (Å²) in [5, 5.41) is 22.8. The summed E-state index contributed by atoms with van der Waals surface area (Å²) in [6, 6.07) is 3.21. The van der Waals surface area contributed by atoms with Gasteiger partial charge in [0.25, 0.3) is 0 Å². The molecule has 114 valence electrons. The Balaban J connectivity index is 1.86. The summed E-state index contributed by atoms with van der Waals surface area (Å²) in [6.07, 6.45) is 1.72. The minimum Gasteiger partial charge on any atom is -0.359 e. The Labute approximate surface area is 125 Å². The van der Waals surface area contributed by atoms with Gasteiger partial charge in [-0.05, 0) is 18.8 Å². The van der Waals surface area contributed by atoms with Crippen LogP contribution in [0.15, 0.2) is 22.9 Å². The highest BCUT2D eigenvalue weighted by Gasteiger charge is 2.18. The predicted molar refractivity (Wildman–Crippen MR) is 76.2 cm³/mol. The van der Waals surface area contributed by atoms with E-state index in [0.29, 0.717) is 17.1 Å². The largest absolute Gasteiger partial charge is 0.390 e. The first-order valence-electron chi connectivity index (χ1n) is 6.59. The molecule has 0 aliphatic carbocycles. The van der Waals surface area contributed by atoms with Crippen molar-refractivity contribution in [2.75, 3.05) is 0 Å². The quantitative estimate of drug-likeness (QED) is 0.538. The van der Waals surface area contributed by atoms with Crippen LogP contribution in [0.4, 0.5) is 5.82 Å². The van der Waals surface area contributed by atoms with Gasteiger partial charge in [0, 0.05) is 24.4 Å². The molecule has 3 aromatic rings. The fourth-order valence-corrected chi connectivity index (χ4v) is 2.15. The molecule has 0 aliphatic heterocycles. The monoisotopic (exact) mass is 302 g/mol. The van der Waals surface area contributed by atoms with Crippen LogP contribution in [0.2, 0.25) is 0 Å². The van der Waals surface area contributed by atoms with Gasteiger partial charge in [0.2, 0.25) is 0 Å². The van der Waals surface area contributed by atoms with Crippen LogP contribution in [0, 0.1) is 24.0 Å². The number of hydrogen-bond acceptors (Lipinski definition) is 6. The van der Waals surface area contributed by atoms with Gasteiger partial charge < -0.3 is 14.6 Å². The number of hydrogen-bond donors (Lipinski definition) is 0. The predicted octanol–water partition coefficient (Wildman–Crippen LogP) is 1.84. The highest BCUT2D eigenvalue weighted by molar-refractivity contribution is 5.60. The number of nitro groups is 1. The van der Waals surface area contributed by atoms with Crippen LogP contribution in [0.25, 0.3) is 11.3 Å². The second kappa shape index (κ2) is 5.10. The third-order valence-electron chi connectivity index (χ3n) is 3.53. The molecule has 0 spiro atoms. The van der Waals surface area contributed by atoms with Crippen molar-refractivity contribution in [3.63, 3.8) is 0 Å². The molecule has 0 aliphatic rings. The van der Waals surface area contributed by atoms with Gasteiger partial charge in [0.05, 0.1) is 23.1 Å². The van der Waals surface area contributed by atoms with E-state index in [9.17, 15) is 10.1 Å². The van der Waals surface area contributed by atoms with E-state index in [-0.39, 0.29) is 12.4 Å². The van der Waals surface area contributed by atoms with E-state index >= 15 is 0 Å². The molecule has 0 unspecified atom stereocenters. The van der Waals surface area contributed by atoms with Crippen molar-refractivity contribution in [1.82, 2.24) is 24.7 Å². The molecule has 9 heteroatoms. The van der Waals surface area contributed by atoms with Crippen molar-refractivity contribution < 1.29 is 9.45 Å². The molecule has 0 aromatic carbocycles. The Morgan fingerprint density at radius 2 is 2.14 bits per heavy atom. The lowest BCUT2D eigenvalue weighted by Crippen LogP contribution is -2.03. The average molecular weight is 302 g/mol. The number of aryl methyl sites for hydroxylation is 2. The van der Waals surface area contributed by atoms with Gasteiger partial charge in [-0.1, -0.05) is 5.16 Å². The van der Waals surface area contributed by atoms with E-state index in [0.717, 1.165) is 11.3 Å². The Bertz CT molecular complexity index is 844. The van der Waals surface area contributed by atoms with E-state index in [1.807, 2.05) is 14.0 Å². The molecule has 0 radical (unpaired) electrons. The Hall–Kier alpha value is -2.97. The first-order valence-corrected chi connectivity index (χ1v) is 6.59. The normalized spacial score (nSPS) is 11.0. The molecule has 3 aromatic heterocycles. The van der Waals surface area contributed by atoms with E-state index in [2.05, 4.69) is 15.4 Å². The smallest absolute Gasteiger partial charge is 0.359 e. The average Bonchev–Trinajstić information content (AvgIpc) is 3.14. The summed E-state index contributed by atoms with van der Waals surface area (Å²) in [4.78, 5) is 10.2. The Morgan fingerprint density at radius 3 is 2.73 bits per heavy atom. The molecule has 3 heterocycles. The van der Waals surface area contributed by atoms with Crippen molar-refractivity contribution in [3.05, 3.63) is 45.6 Å². The Kier molecular flexibility index (Phi) is 3.24. The lowest BCUT2D eigenvalue weighted by molar-refractivity contribution is -0.389. The lowest BCUT2D eigenvalue weighted by Gasteiger charge is -1.95. The number of aromatic nitrogens is 5. The second-order valence-corrected chi connectivity index (χ2v) is 5.00. The van der Waals surface area contributed by atoms with Crippen LogP contribution in [-0.2, 0) is 13.6 Å². The molecule has 0 N–H and O–H groups in total. The lowest BCUT2D eigenvalue weighted by atomic mass is 10.2. The number of nitrogens with zero attached hydrogens (tertiary/aromatic N) is 6. The van der Waals surface area contributed by atoms with E-state index < -0.39 is 4.92 Å². The van der Waals surface area contributed by atoms with E-state index in [1.165, 1.54) is 10.7 Å². The minimum absolute atomic E-state index is 0.180. The van der Waals surface area contributed by atoms with Gasteiger partial charge in [-0.15, -0.1) is 0 Å². The fourth-order valence-electron chi connectivity index (χ4n) is 2.15. The first-order chi connectivity index (χ1) is 10.5. The van der Waals surface area contributed by atoms with Crippen LogP contribution in [0.1, 0.15) is 17.1 Å². The van der Waals surface area contributed by atoms with Crippen LogP contribution in [-0.4, -0.2) is 29.6 Å². The first kappa shape index (κ1) is 14.0. The van der Waals surface area contributed by atoms with Gasteiger partial charge in [-0.25, -0.2) is 0 Å². The molecule has 0 bridgehead atoms. The zero-order chi connectivity index (χ0) is 15.9. The van der Waals surface area contributed by atoms with Crippen molar-refractivity contribution >= 4 is 5.82 Å². The van der Waals surface area contributed by atoms with Crippen LogP contribution in [0.5, 0.6) is 0 Å². The summed E-state index contributed by atoms with van der Waals surface area (Å²) in [6.45, 7) is 3.98. The van der Waals surface area contributed by atoms with Crippen LogP contribution < -0.4 is 0 Å². The van der Waals surface area contributed by atoms with E-state index in [4.69, 9.17) is 4.52 Å². The van der Waals surface area contributed by atoms with Crippen LogP contribution >= 0.6 is 0 Å². The molecule has 0 saturated heterocycles. The summed E-state index contributed by atoms with van der Waals surface area (Å²) in [5.74, 6) is 0.389. The third kappa shape index (κ3) is 2.36. The summed E-state index contributed by atoms with van der Waals surface area (Å²) >= 11 is 0. The molecule has 0 fully saturated rings. The summed E-state index contributed by atoms with van der Waals surface area (Å²) in [7, 11) is 1.85. The molecule has 9 nitrogen and oxygen atoms in total. The van der Waals surface area contributed by atoms with Gasteiger partial charge in [-0.3, -0.25) is 4.68 Å². The van der Waals surface area contributed by atoms with Gasteiger partial charge in [0.1, 0.15) is 12.2 Å². The maximum absolute atomic E-state index is 10.7. The topological polar surface area (TPSA) is 105 Å². The van der Waals surface area contributed by atoms with E-state index in [1.54, 1.807) is 23.9 Å². The highest BCUT2D eigenvalue weighted by atomic mass is 16.6. The van der Waals surface area contributed by atoms with Crippen molar-refractivity contribution in [2.24, 2.45) is 7.05 Å². The molecule has 0 atom stereocenters. The van der Waals surface area contributed by atoms with Gasteiger partial charge in [0.15, 0.2) is 5.76 Å². The third-order valence-corrected chi connectivity index (χ3v) is 3.53. The van der Waals surface area contributed by atoms with Gasteiger partial charge in [-0.2, -0.15) is 9.78 Å². The molecule has 0 amide bonds. The SMILES string of the molecule is Cc1c(-c2cc(Cn3nc([N+](=O)[O-])cc3C)on2)cnn1C. The van der Waals surface area contributed by atoms with Crippen molar-refractivity contribution in [2.45, 2.75) is 20.4 Å². The van der Waals surface area contributed by atoms with Gasteiger partial charge >= 0.3 is 5.82 Å². The Morgan fingerprint density at radius 1 is 1.36 bits per heavy atom. The maximum atomic E-state index is 10.7. The van der Waals surface area contributed by atoms with Crippen LogP contribution in [0.3, 0.4) is 0 Å². The minimum atomic E-state index is -0.520. The number of rotatable bonds is 4. The molecule has 0 saturated carbocycles. The zero-order valence-electron chi connectivity index (χ0n) is 12.3. The summed E-state index contributed by atoms with van der Waals surface area (Å²) < 4.78 is 8.56. The molecular formula is C13H14N6O3. The van der Waals surface area contributed by atoms with Crippen molar-refractivity contribution in [3.8, 4) is 11.3 Å². The van der Waals surface area contributed by atoms with Crippen molar-refractivity contribution in [1.29, 1.82) is 0 Å². The summed E-state index contributed by atoms with van der Waals surface area (Å²) in [5.41, 5.74) is 3.23. The highest BCUT2D eigenvalue weighted by Crippen LogP contribution is 2.23. The molecule has 3 rings (SSSR count). The molecular weight excluding hydrogens is 288 g/mol. The standard InChI is InChI=1S/C13H14N6O3/c1-8-4-13(19(20)21)15-18(8)7-10-5-12(16-22-10)11-6-14-17(3)9(11)2/h4-6H,7H2,1-3H3. The zero-order valence-corrected chi connectivity index (χ0v) is 12.3. The fraction of sp³-hybridized carbons (Fsp3) is 0.308. The second-order valence-electron chi connectivity index (χ2n) is 5.00. The maximum Gasteiger partial charge on any atom is 0.390 e.